The molecule has 0 aliphatic rings. The quantitative estimate of drug-likeness (QED) is 0.643. The van der Waals surface area contributed by atoms with Crippen molar-refractivity contribution >= 4 is 17.5 Å². The maximum Gasteiger partial charge on any atom is 0.221 e. The largest absolute Gasteiger partial charge is 0.508 e. The molecule has 2 rings (SSSR count). The van der Waals surface area contributed by atoms with Gasteiger partial charge in [-0.2, -0.15) is 4.98 Å². The smallest absolute Gasteiger partial charge is 0.221 e. The number of rotatable bonds is 2. The minimum Gasteiger partial charge on any atom is -0.508 e. The van der Waals surface area contributed by atoms with Gasteiger partial charge in [0.05, 0.1) is 0 Å². The summed E-state index contributed by atoms with van der Waals surface area (Å²) in [6.45, 7) is 0. The normalized spacial score (nSPS) is 9.87. The molecule has 5 heteroatoms. The van der Waals surface area contributed by atoms with Crippen molar-refractivity contribution in [3.63, 3.8) is 0 Å². The molecular weight excluding hydrogens is 192 g/mol. The number of phenols is 1. The Bertz CT molecular complexity index is 455. The SMILES string of the molecule is Nc1nccc(Nc2ccc(O)cc2)n1. The minimum atomic E-state index is 0.221. The van der Waals surface area contributed by atoms with E-state index in [4.69, 9.17) is 10.8 Å². The second-order valence-corrected chi connectivity index (χ2v) is 2.97. The molecule has 15 heavy (non-hydrogen) atoms. The second kappa shape index (κ2) is 3.83. The molecule has 0 amide bonds. The number of aromatic hydroxyl groups is 1. The van der Waals surface area contributed by atoms with Crippen molar-refractivity contribution in [3.05, 3.63) is 36.5 Å². The maximum absolute atomic E-state index is 9.09. The Morgan fingerprint density at radius 1 is 1.13 bits per heavy atom. The summed E-state index contributed by atoms with van der Waals surface area (Å²) in [7, 11) is 0. The highest BCUT2D eigenvalue weighted by Crippen LogP contribution is 2.17. The Morgan fingerprint density at radius 2 is 1.87 bits per heavy atom. The van der Waals surface area contributed by atoms with Crippen LogP contribution in [-0.4, -0.2) is 15.1 Å². The van der Waals surface area contributed by atoms with Gasteiger partial charge < -0.3 is 16.2 Å². The number of anilines is 3. The van der Waals surface area contributed by atoms with Crippen LogP contribution in [0.15, 0.2) is 36.5 Å². The summed E-state index contributed by atoms with van der Waals surface area (Å²) in [6, 6.07) is 8.38. The van der Waals surface area contributed by atoms with E-state index in [2.05, 4.69) is 15.3 Å². The Morgan fingerprint density at radius 3 is 2.53 bits per heavy atom. The molecule has 1 aromatic heterocycles. The first kappa shape index (κ1) is 9.26. The van der Waals surface area contributed by atoms with E-state index < -0.39 is 0 Å². The van der Waals surface area contributed by atoms with Crippen molar-refractivity contribution in [1.82, 2.24) is 9.97 Å². The molecule has 1 aromatic carbocycles. The summed E-state index contributed by atoms with van der Waals surface area (Å²) >= 11 is 0. The van der Waals surface area contributed by atoms with E-state index in [0.29, 0.717) is 5.82 Å². The summed E-state index contributed by atoms with van der Waals surface area (Å²) in [5.41, 5.74) is 6.26. The standard InChI is InChI=1S/C10H10N4O/c11-10-12-6-5-9(14-10)13-7-1-3-8(15)4-2-7/h1-6,15H,(H3,11,12,13,14). The van der Waals surface area contributed by atoms with Crippen LogP contribution in [0.1, 0.15) is 0 Å². The molecule has 5 nitrogen and oxygen atoms in total. The highest BCUT2D eigenvalue weighted by molar-refractivity contribution is 5.57. The predicted molar refractivity (Wildman–Crippen MR) is 57.8 cm³/mol. The average Bonchev–Trinajstić information content (AvgIpc) is 2.22. The van der Waals surface area contributed by atoms with Crippen LogP contribution in [0.4, 0.5) is 17.5 Å². The lowest BCUT2D eigenvalue weighted by atomic mass is 10.3. The molecule has 0 bridgehead atoms. The fraction of sp³-hybridized carbons (Fsp3) is 0. The molecule has 0 unspecified atom stereocenters. The van der Waals surface area contributed by atoms with Gasteiger partial charge in [0, 0.05) is 11.9 Å². The first-order valence-corrected chi connectivity index (χ1v) is 4.38. The van der Waals surface area contributed by atoms with Crippen LogP contribution in [0.5, 0.6) is 5.75 Å². The van der Waals surface area contributed by atoms with Crippen molar-refractivity contribution in [3.8, 4) is 5.75 Å². The van der Waals surface area contributed by atoms with Gasteiger partial charge >= 0.3 is 0 Å². The van der Waals surface area contributed by atoms with E-state index >= 15 is 0 Å². The third-order valence-electron chi connectivity index (χ3n) is 1.81. The first-order chi connectivity index (χ1) is 7.24. The number of phenolic OH excluding ortho intramolecular Hbond substituents is 1. The molecule has 0 aliphatic heterocycles. The fourth-order valence-electron chi connectivity index (χ4n) is 1.14. The molecule has 0 saturated heterocycles. The van der Waals surface area contributed by atoms with Crippen molar-refractivity contribution < 1.29 is 5.11 Å². The van der Waals surface area contributed by atoms with E-state index in [0.717, 1.165) is 5.69 Å². The number of nitrogen functional groups attached to an aromatic ring is 1. The third kappa shape index (κ3) is 2.34. The van der Waals surface area contributed by atoms with Gasteiger partial charge in [-0.15, -0.1) is 0 Å². The molecule has 1 heterocycles. The van der Waals surface area contributed by atoms with Crippen molar-refractivity contribution in [1.29, 1.82) is 0 Å². The second-order valence-electron chi connectivity index (χ2n) is 2.97. The number of hydrogen-bond acceptors (Lipinski definition) is 5. The highest BCUT2D eigenvalue weighted by atomic mass is 16.3. The van der Waals surface area contributed by atoms with Crippen LogP contribution >= 0.6 is 0 Å². The first-order valence-electron chi connectivity index (χ1n) is 4.38. The van der Waals surface area contributed by atoms with Crippen LogP contribution in [0.3, 0.4) is 0 Å². The molecular formula is C10H10N4O. The Labute approximate surface area is 86.6 Å². The molecule has 0 saturated carbocycles. The van der Waals surface area contributed by atoms with Crippen LogP contribution < -0.4 is 11.1 Å². The summed E-state index contributed by atoms with van der Waals surface area (Å²) in [4.78, 5) is 7.77. The van der Waals surface area contributed by atoms with Gasteiger partial charge in [0.25, 0.3) is 0 Å². The molecule has 0 radical (unpaired) electrons. The van der Waals surface area contributed by atoms with Gasteiger partial charge in [0.2, 0.25) is 5.95 Å². The van der Waals surface area contributed by atoms with Crippen LogP contribution in [0.2, 0.25) is 0 Å². The summed E-state index contributed by atoms with van der Waals surface area (Å²) in [6.07, 6.45) is 1.57. The topological polar surface area (TPSA) is 84.1 Å². The summed E-state index contributed by atoms with van der Waals surface area (Å²) in [5.74, 6) is 1.06. The lowest BCUT2D eigenvalue weighted by Gasteiger charge is -2.05. The minimum absolute atomic E-state index is 0.221. The fourth-order valence-corrected chi connectivity index (χ4v) is 1.14. The Kier molecular flexibility index (Phi) is 2.37. The van der Waals surface area contributed by atoms with E-state index in [1.54, 1.807) is 36.5 Å². The van der Waals surface area contributed by atoms with Crippen molar-refractivity contribution in [2.24, 2.45) is 0 Å². The molecule has 2 aromatic rings. The molecule has 76 valence electrons. The molecule has 4 N–H and O–H groups in total. The Hall–Kier alpha value is -2.30. The number of nitrogens with one attached hydrogen (secondary N) is 1. The number of aromatic nitrogens is 2. The van der Waals surface area contributed by atoms with E-state index in [-0.39, 0.29) is 11.7 Å². The lowest BCUT2D eigenvalue weighted by Crippen LogP contribution is -1.98. The number of benzene rings is 1. The lowest BCUT2D eigenvalue weighted by molar-refractivity contribution is 0.475. The zero-order chi connectivity index (χ0) is 10.7. The summed E-state index contributed by atoms with van der Waals surface area (Å²) in [5, 5.41) is 12.1. The predicted octanol–water partition coefficient (Wildman–Crippen LogP) is 1.51. The van der Waals surface area contributed by atoms with Gasteiger partial charge in [-0.1, -0.05) is 0 Å². The molecule has 0 fully saturated rings. The average molecular weight is 202 g/mol. The van der Waals surface area contributed by atoms with Gasteiger partial charge in [0.1, 0.15) is 11.6 Å². The summed E-state index contributed by atoms with van der Waals surface area (Å²) < 4.78 is 0. The number of nitrogens with zero attached hydrogens (tertiary/aromatic N) is 2. The van der Waals surface area contributed by atoms with Gasteiger partial charge in [-0.3, -0.25) is 0 Å². The highest BCUT2D eigenvalue weighted by Gasteiger charge is 1.96. The number of hydrogen-bond donors (Lipinski definition) is 3. The maximum atomic E-state index is 9.09. The van der Waals surface area contributed by atoms with Crippen LogP contribution in [0, 0.1) is 0 Å². The van der Waals surface area contributed by atoms with Crippen molar-refractivity contribution in [2.75, 3.05) is 11.1 Å². The number of nitrogens with two attached hydrogens (primary N) is 1. The molecule has 0 aliphatic carbocycles. The van der Waals surface area contributed by atoms with E-state index in [9.17, 15) is 0 Å². The third-order valence-corrected chi connectivity index (χ3v) is 1.81. The molecule has 0 atom stereocenters. The Balaban J connectivity index is 2.18. The zero-order valence-corrected chi connectivity index (χ0v) is 7.88. The van der Waals surface area contributed by atoms with E-state index in [1.807, 2.05) is 0 Å². The molecule has 0 spiro atoms. The zero-order valence-electron chi connectivity index (χ0n) is 7.88. The van der Waals surface area contributed by atoms with Gasteiger partial charge in [-0.25, -0.2) is 4.98 Å². The monoisotopic (exact) mass is 202 g/mol. The van der Waals surface area contributed by atoms with Crippen molar-refractivity contribution in [2.45, 2.75) is 0 Å². The van der Waals surface area contributed by atoms with Gasteiger partial charge in [0.15, 0.2) is 0 Å². The van der Waals surface area contributed by atoms with Crippen LogP contribution in [-0.2, 0) is 0 Å². The van der Waals surface area contributed by atoms with Crippen LogP contribution in [0.25, 0.3) is 0 Å². The van der Waals surface area contributed by atoms with E-state index in [1.165, 1.54) is 0 Å². The van der Waals surface area contributed by atoms with Gasteiger partial charge in [-0.05, 0) is 30.3 Å².